The van der Waals surface area contributed by atoms with E-state index in [9.17, 15) is 0 Å². The molecule has 1 aromatic rings. The maximum Gasteiger partial charge on any atom is 0.174 e. The zero-order chi connectivity index (χ0) is 12.9. The van der Waals surface area contributed by atoms with Gasteiger partial charge in [-0.25, -0.2) is 0 Å². The first-order valence-corrected chi connectivity index (χ1v) is 5.83. The monoisotopic (exact) mass is 252 g/mol. The average molecular weight is 253 g/mol. The van der Waals surface area contributed by atoms with Crippen molar-refractivity contribution in [2.75, 3.05) is 6.61 Å². The standard InChI is InChI=1S/C13H17ClN2O/c1-13(2,3)16-9-10-4-5-12(11(14)8-10)17-7-6-15/h4-5,8,16H,7,9H2,1-3H3. The SMILES string of the molecule is CC(C)(C)NCc1ccc(OCC#N)c(Cl)c1. The first-order valence-electron chi connectivity index (χ1n) is 5.45. The van der Waals surface area contributed by atoms with Crippen LogP contribution in [0.15, 0.2) is 18.2 Å². The van der Waals surface area contributed by atoms with Gasteiger partial charge in [-0.2, -0.15) is 5.26 Å². The molecule has 0 saturated carbocycles. The Morgan fingerprint density at radius 3 is 2.65 bits per heavy atom. The molecule has 0 aliphatic rings. The summed E-state index contributed by atoms with van der Waals surface area (Å²) in [5.41, 5.74) is 1.16. The average Bonchev–Trinajstić information content (AvgIpc) is 2.24. The van der Waals surface area contributed by atoms with Crippen molar-refractivity contribution in [3.63, 3.8) is 0 Å². The van der Waals surface area contributed by atoms with Gasteiger partial charge in [0, 0.05) is 12.1 Å². The number of hydrogen-bond donors (Lipinski definition) is 1. The second-order valence-electron chi connectivity index (χ2n) is 4.82. The Bertz CT molecular complexity index is 418. The van der Waals surface area contributed by atoms with Crippen LogP contribution in [0.3, 0.4) is 0 Å². The van der Waals surface area contributed by atoms with Crippen LogP contribution in [0.4, 0.5) is 0 Å². The Morgan fingerprint density at radius 1 is 1.41 bits per heavy atom. The summed E-state index contributed by atoms with van der Waals surface area (Å²) >= 11 is 6.05. The van der Waals surface area contributed by atoms with Crippen LogP contribution in [0.1, 0.15) is 26.3 Å². The molecule has 4 heteroatoms. The molecule has 0 aliphatic carbocycles. The van der Waals surface area contributed by atoms with Gasteiger partial charge in [0.25, 0.3) is 0 Å². The van der Waals surface area contributed by atoms with Crippen LogP contribution in [0.25, 0.3) is 0 Å². The normalized spacial score (nSPS) is 11.0. The topological polar surface area (TPSA) is 45.0 Å². The third kappa shape index (κ3) is 5.08. The van der Waals surface area contributed by atoms with Crippen molar-refractivity contribution in [3.8, 4) is 11.8 Å². The minimum absolute atomic E-state index is 0.0132. The first-order chi connectivity index (χ1) is 7.92. The summed E-state index contributed by atoms with van der Waals surface area (Å²) < 4.78 is 5.17. The lowest BCUT2D eigenvalue weighted by molar-refractivity contribution is 0.368. The zero-order valence-corrected chi connectivity index (χ0v) is 11.1. The fourth-order valence-corrected chi connectivity index (χ4v) is 1.51. The molecular formula is C13H17ClN2O. The molecule has 0 heterocycles. The van der Waals surface area contributed by atoms with Gasteiger partial charge in [0.15, 0.2) is 6.61 Å². The van der Waals surface area contributed by atoms with Crippen LogP contribution < -0.4 is 10.1 Å². The number of rotatable bonds is 4. The van der Waals surface area contributed by atoms with E-state index in [1.807, 2.05) is 18.2 Å². The number of hydrogen-bond acceptors (Lipinski definition) is 3. The molecule has 0 aliphatic heterocycles. The molecular weight excluding hydrogens is 236 g/mol. The lowest BCUT2D eigenvalue weighted by Gasteiger charge is -2.20. The summed E-state index contributed by atoms with van der Waals surface area (Å²) in [4.78, 5) is 0. The van der Waals surface area contributed by atoms with E-state index in [4.69, 9.17) is 21.6 Å². The third-order valence-electron chi connectivity index (χ3n) is 2.11. The molecule has 0 amide bonds. The summed E-state index contributed by atoms with van der Waals surface area (Å²) in [7, 11) is 0. The molecule has 17 heavy (non-hydrogen) atoms. The summed E-state index contributed by atoms with van der Waals surface area (Å²) in [6.45, 7) is 7.10. The Hall–Kier alpha value is -1.24. The number of nitriles is 1. The quantitative estimate of drug-likeness (QED) is 0.896. The van der Waals surface area contributed by atoms with Crippen molar-refractivity contribution >= 4 is 11.6 Å². The van der Waals surface area contributed by atoms with Gasteiger partial charge in [-0.1, -0.05) is 17.7 Å². The highest BCUT2D eigenvalue weighted by Crippen LogP contribution is 2.25. The second kappa shape index (κ2) is 5.90. The number of nitrogens with one attached hydrogen (secondary N) is 1. The molecule has 1 rings (SSSR count). The predicted molar refractivity (Wildman–Crippen MR) is 69.2 cm³/mol. The van der Waals surface area contributed by atoms with E-state index in [-0.39, 0.29) is 12.1 Å². The molecule has 0 radical (unpaired) electrons. The van der Waals surface area contributed by atoms with Gasteiger partial charge in [-0.3, -0.25) is 0 Å². The van der Waals surface area contributed by atoms with E-state index in [0.717, 1.165) is 12.1 Å². The van der Waals surface area contributed by atoms with Crippen LogP contribution in [-0.4, -0.2) is 12.1 Å². The second-order valence-corrected chi connectivity index (χ2v) is 5.22. The van der Waals surface area contributed by atoms with Gasteiger partial charge in [-0.15, -0.1) is 0 Å². The first kappa shape index (κ1) is 13.8. The van der Waals surface area contributed by atoms with Gasteiger partial charge in [0.2, 0.25) is 0 Å². The number of ether oxygens (including phenoxy) is 1. The summed E-state index contributed by atoms with van der Waals surface area (Å²) in [5, 5.41) is 12.3. The number of nitrogens with zero attached hydrogens (tertiary/aromatic N) is 1. The lowest BCUT2D eigenvalue weighted by Crippen LogP contribution is -2.35. The van der Waals surface area contributed by atoms with Crippen molar-refractivity contribution in [1.29, 1.82) is 5.26 Å². The van der Waals surface area contributed by atoms with Crippen molar-refractivity contribution < 1.29 is 4.74 Å². The molecule has 3 nitrogen and oxygen atoms in total. The molecule has 92 valence electrons. The Labute approximate surface area is 107 Å². The largest absolute Gasteiger partial charge is 0.477 e. The highest BCUT2D eigenvalue weighted by molar-refractivity contribution is 6.32. The van der Waals surface area contributed by atoms with Crippen molar-refractivity contribution in [3.05, 3.63) is 28.8 Å². The maximum atomic E-state index is 8.42. The maximum absolute atomic E-state index is 8.42. The molecule has 0 spiro atoms. The van der Waals surface area contributed by atoms with Crippen LogP contribution in [0.2, 0.25) is 5.02 Å². The van der Waals surface area contributed by atoms with Gasteiger partial charge >= 0.3 is 0 Å². The fourth-order valence-electron chi connectivity index (χ4n) is 1.25. The smallest absolute Gasteiger partial charge is 0.174 e. The third-order valence-corrected chi connectivity index (χ3v) is 2.41. The minimum atomic E-state index is 0.0132. The van der Waals surface area contributed by atoms with Gasteiger partial charge in [0.1, 0.15) is 11.8 Å². The lowest BCUT2D eigenvalue weighted by atomic mass is 10.1. The highest BCUT2D eigenvalue weighted by atomic mass is 35.5. The molecule has 0 atom stereocenters. The molecule has 0 aromatic heterocycles. The van der Waals surface area contributed by atoms with E-state index in [1.165, 1.54) is 0 Å². The van der Waals surface area contributed by atoms with Crippen LogP contribution in [0.5, 0.6) is 5.75 Å². The van der Waals surface area contributed by atoms with Gasteiger partial charge in [-0.05, 0) is 38.5 Å². The highest BCUT2D eigenvalue weighted by Gasteiger charge is 2.09. The summed E-state index contributed by atoms with van der Waals surface area (Å²) in [5.74, 6) is 0.549. The van der Waals surface area contributed by atoms with Gasteiger partial charge < -0.3 is 10.1 Å². The van der Waals surface area contributed by atoms with E-state index in [1.54, 1.807) is 6.07 Å². The zero-order valence-electron chi connectivity index (χ0n) is 10.4. The minimum Gasteiger partial charge on any atom is -0.477 e. The van der Waals surface area contributed by atoms with E-state index in [0.29, 0.717) is 10.8 Å². The van der Waals surface area contributed by atoms with Crippen LogP contribution >= 0.6 is 11.6 Å². The molecule has 0 saturated heterocycles. The molecule has 0 unspecified atom stereocenters. The number of halogens is 1. The van der Waals surface area contributed by atoms with E-state index < -0.39 is 0 Å². The van der Waals surface area contributed by atoms with Crippen LogP contribution in [-0.2, 0) is 6.54 Å². The van der Waals surface area contributed by atoms with Gasteiger partial charge in [0.05, 0.1) is 5.02 Å². The van der Waals surface area contributed by atoms with Crippen molar-refractivity contribution in [2.24, 2.45) is 0 Å². The molecule has 1 aromatic carbocycles. The Morgan fingerprint density at radius 2 is 2.12 bits per heavy atom. The summed E-state index contributed by atoms with van der Waals surface area (Å²) in [6, 6.07) is 7.50. The predicted octanol–water partition coefficient (Wildman–Crippen LogP) is 3.13. The Balaban J connectivity index is 2.66. The number of benzene rings is 1. The van der Waals surface area contributed by atoms with Crippen LogP contribution in [0, 0.1) is 11.3 Å². The molecule has 0 bridgehead atoms. The van der Waals surface area contributed by atoms with E-state index >= 15 is 0 Å². The Kier molecular flexibility index (Phi) is 4.80. The molecule has 0 fully saturated rings. The molecule has 1 N–H and O–H groups in total. The van der Waals surface area contributed by atoms with Crippen molar-refractivity contribution in [1.82, 2.24) is 5.32 Å². The van der Waals surface area contributed by atoms with Crippen molar-refractivity contribution in [2.45, 2.75) is 32.9 Å². The fraction of sp³-hybridized carbons (Fsp3) is 0.462. The summed E-state index contributed by atoms with van der Waals surface area (Å²) in [6.07, 6.45) is 0. The van der Waals surface area contributed by atoms with E-state index in [2.05, 4.69) is 26.1 Å².